The van der Waals surface area contributed by atoms with Crippen LogP contribution in [0.25, 0.3) is 0 Å². The summed E-state index contributed by atoms with van der Waals surface area (Å²) in [6, 6.07) is 8.02. The summed E-state index contributed by atoms with van der Waals surface area (Å²) in [5.41, 5.74) is 2.50. The first kappa shape index (κ1) is 26.3. The fraction of sp³-hybridized carbons (Fsp3) is 0.417. The minimum Gasteiger partial charge on any atom is -0.484 e. The van der Waals surface area contributed by atoms with E-state index in [2.05, 4.69) is 5.32 Å². The summed E-state index contributed by atoms with van der Waals surface area (Å²) in [6.07, 6.45) is 1.84. The second-order valence-corrected chi connectivity index (χ2v) is 8.94. The van der Waals surface area contributed by atoms with Crippen LogP contribution in [-0.4, -0.2) is 35.9 Å². The Bertz CT molecular complexity index is 942. The van der Waals surface area contributed by atoms with Crippen molar-refractivity contribution in [2.75, 3.05) is 13.2 Å². The molecular weight excluding hydrogens is 471 g/mol. The Morgan fingerprint density at radius 2 is 1.72 bits per heavy atom. The quantitative estimate of drug-likeness (QED) is 0.409. The molecule has 0 bridgehead atoms. The first-order valence-corrected chi connectivity index (χ1v) is 11.7. The van der Waals surface area contributed by atoms with Crippen LogP contribution in [0.1, 0.15) is 43.4 Å². The van der Waals surface area contributed by atoms with Gasteiger partial charge >= 0.3 is 0 Å². The molecule has 0 aliphatic rings. The van der Waals surface area contributed by atoms with Gasteiger partial charge in [0, 0.05) is 18.1 Å². The number of nitrogens with zero attached hydrogens (tertiary/aromatic N) is 1. The van der Waals surface area contributed by atoms with Gasteiger partial charge in [-0.25, -0.2) is 0 Å². The van der Waals surface area contributed by atoms with Gasteiger partial charge in [-0.05, 0) is 68.1 Å². The summed E-state index contributed by atoms with van der Waals surface area (Å²) in [5.74, 6) is 0.0109. The van der Waals surface area contributed by atoms with Crippen LogP contribution in [0.2, 0.25) is 15.1 Å². The summed E-state index contributed by atoms with van der Waals surface area (Å²) in [5, 5.41) is 4.37. The first-order chi connectivity index (χ1) is 15.1. The highest BCUT2D eigenvalue weighted by Crippen LogP contribution is 2.26. The Hall–Kier alpha value is -1.95. The number of carbonyl (C=O) groups excluding carboxylic acids is 2. The second-order valence-electron chi connectivity index (χ2n) is 7.75. The molecule has 0 spiro atoms. The maximum absolute atomic E-state index is 13.1. The summed E-state index contributed by atoms with van der Waals surface area (Å²) >= 11 is 18.4. The van der Waals surface area contributed by atoms with E-state index in [0.29, 0.717) is 27.4 Å². The van der Waals surface area contributed by atoms with E-state index in [0.717, 1.165) is 29.5 Å². The third-order valence-electron chi connectivity index (χ3n) is 5.11. The van der Waals surface area contributed by atoms with Crippen molar-refractivity contribution in [2.45, 2.75) is 53.1 Å². The van der Waals surface area contributed by atoms with Crippen molar-refractivity contribution in [1.29, 1.82) is 0 Å². The SMILES string of the molecule is CCCCNC(=O)[C@H](C)N(Cc1ccc(Cl)c(Cl)c1)C(=O)COc1cc(C)c(Cl)c(C)c1. The van der Waals surface area contributed by atoms with E-state index in [1.165, 1.54) is 4.90 Å². The Kier molecular flexibility index (Phi) is 10.1. The predicted molar refractivity (Wildman–Crippen MR) is 131 cm³/mol. The average Bonchev–Trinajstić information content (AvgIpc) is 2.76. The molecule has 32 heavy (non-hydrogen) atoms. The van der Waals surface area contributed by atoms with Crippen LogP contribution >= 0.6 is 34.8 Å². The molecule has 0 heterocycles. The van der Waals surface area contributed by atoms with Gasteiger partial charge in [0.05, 0.1) is 10.0 Å². The molecule has 0 aliphatic heterocycles. The molecule has 0 saturated carbocycles. The second kappa shape index (κ2) is 12.3. The molecule has 1 atom stereocenters. The van der Waals surface area contributed by atoms with Crippen LogP contribution in [0.3, 0.4) is 0 Å². The largest absolute Gasteiger partial charge is 0.484 e. The maximum atomic E-state index is 13.1. The van der Waals surface area contributed by atoms with E-state index < -0.39 is 6.04 Å². The van der Waals surface area contributed by atoms with Gasteiger partial charge in [-0.15, -0.1) is 0 Å². The van der Waals surface area contributed by atoms with Crippen molar-refractivity contribution in [3.05, 3.63) is 62.1 Å². The number of unbranched alkanes of at least 4 members (excludes halogenated alkanes) is 1. The number of aryl methyl sites for hydroxylation is 2. The van der Waals surface area contributed by atoms with E-state index in [1.807, 2.05) is 20.8 Å². The molecule has 2 aromatic rings. The zero-order chi connectivity index (χ0) is 23.8. The Balaban J connectivity index is 2.18. The van der Waals surface area contributed by atoms with Gasteiger partial charge in [0.1, 0.15) is 11.8 Å². The number of carbonyl (C=O) groups is 2. The van der Waals surface area contributed by atoms with Gasteiger partial charge in [-0.1, -0.05) is 54.2 Å². The maximum Gasteiger partial charge on any atom is 0.261 e. The van der Waals surface area contributed by atoms with Gasteiger partial charge in [0.25, 0.3) is 5.91 Å². The highest BCUT2D eigenvalue weighted by Gasteiger charge is 2.26. The van der Waals surface area contributed by atoms with Crippen molar-refractivity contribution >= 4 is 46.6 Å². The van der Waals surface area contributed by atoms with Gasteiger partial charge in [-0.2, -0.15) is 0 Å². The smallest absolute Gasteiger partial charge is 0.261 e. The molecule has 0 aromatic heterocycles. The number of amides is 2. The lowest BCUT2D eigenvalue weighted by molar-refractivity contribution is -0.142. The molecule has 0 radical (unpaired) electrons. The highest BCUT2D eigenvalue weighted by atomic mass is 35.5. The standard InChI is InChI=1S/C24H29Cl3N2O3/c1-5-6-9-28-24(31)17(4)29(13-18-7-8-20(25)21(26)12-18)22(30)14-32-19-10-15(2)23(27)16(3)11-19/h7-8,10-12,17H,5-6,9,13-14H2,1-4H3,(H,28,31)/t17-/m0/s1. The molecular formula is C24H29Cl3N2O3. The third kappa shape index (κ3) is 7.29. The third-order valence-corrected chi connectivity index (χ3v) is 6.44. The van der Waals surface area contributed by atoms with Crippen LogP contribution < -0.4 is 10.1 Å². The normalized spacial score (nSPS) is 11.7. The van der Waals surface area contributed by atoms with E-state index in [1.54, 1.807) is 37.3 Å². The Morgan fingerprint density at radius 1 is 1.06 bits per heavy atom. The molecule has 2 aromatic carbocycles. The van der Waals surface area contributed by atoms with Gasteiger partial charge in [0.2, 0.25) is 5.91 Å². The summed E-state index contributed by atoms with van der Waals surface area (Å²) in [4.78, 5) is 27.3. The van der Waals surface area contributed by atoms with E-state index in [-0.39, 0.29) is 25.0 Å². The van der Waals surface area contributed by atoms with E-state index in [9.17, 15) is 9.59 Å². The van der Waals surface area contributed by atoms with Crippen molar-refractivity contribution < 1.29 is 14.3 Å². The summed E-state index contributed by atoms with van der Waals surface area (Å²) in [7, 11) is 0. The number of ether oxygens (including phenoxy) is 1. The van der Waals surface area contributed by atoms with Gasteiger partial charge in [0.15, 0.2) is 6.61 Å². The van der Waals surface area contributed by atoms with Crippen LogP contribution in [0.5, 0.6) is 5.75 Å². The number of benzene rings is 2. The van der Waals surface area contributed by atoms with Crippen molar-refractivity contribution in [3.63, 3.8) is 0 Å². The topological polar surface area (TPSA) is 58.6 Å². The highest BCUT2D eigenvalue weighted by molar-refractivity contribution is 6.42. The van der Waals surface area contributed by atoms with Crippen LogP contribution in [0, 0.1) is 13.8 Å². The molecule has 2 amide bonds. The molecule has 0 fully saturated rings. The lowest BCUT2D eigenvalue weighted by Gasteiger charge is -2.29. The fourth-order valence-corrected chi connectivity index (χ4v) is 3.60. The minimum absolute atomic E-state index is 0.195. The predicted octanol–water partition coefficient (Wildman–Crippen LogP) is 5.98. The van der Waals surface area contributed by atoms with E-state index in [4.69, 9.17) is 39.5 Å². The molecule has 174 valence electrons. The van der Waals surface area contributed by atoms with Crippen LogP contribution in [-0.2, 0) is 16.1 Å². The molecule has 8 heteroatoms. The fourth-order valence-electron chi connectivity index (χ4n) is 3.17. The van der Waals surface area contributed by atoms with Crippen molar-refractivity contribution in [3.8, 4) is 5.75 Å². The lowest BCUT2D eigenvalue weighted by Crippen LogP contribution is -2.49. The van der Waals surface area contributed by atoms with Crippen molar-refractivity contribution in [2.24, 2.45) is 0 Å². The number of nitrogens with one attached hydrogen (secondary N) is 1. The monoisotopic (exact) mass is 498 g/mol. The molecule has 0 aliphatic carbocycles. The Labute approximate surface area is 205 Å². The summed E-state index contributed by atoms with van der Waals surface area (Å²) < 4.78 is 5.75. The number of hydrogen-bond donors (Lipinski definition) is 1. The van der Waals surface area contributed by atoms with Gasteiger partial charge in [-0.3, -0.25) is 9.59 Å². The summed E-state index contributed by atoms with van der Waals surface area (Å²) in [6.45, 7) is 8.05. The van der Waals surface area contributed by atoms with E-state index >= 15 is 0 Å². The van der Waals surface area contributed by atoms with Crippen LogP contribution in [0.15, 0.2) is 30.3 Å². The Morgan fingerprint density at radius 3 is 2.31 bits per heavy atom. The van der Waals surface area contributed by atoms with Crippen molar-refractivity contribution in [1.82, 2.24) is 10.2 Å². The minimum atomic E-state index is -0.689. The first-order valence-electron chi connectivity index (χ1n) is 10.5. The van der Waals surface area contributed by atoms with Gasteiger partial charge < -0.3 is 15.0 Å². The molecule has 0 unspecified atom stereocenters. The number of halogens is 3. The molecule has 1 N–H and O–H groups in total. The number of hydrogen-bond acceptors (Lipinski definition) is 3. The lowest BCUT2D eigenvalue weighted by atomic mass is 10.1. The zero-order valence-electron chi connectivity index (χ0n) is 18.8. The molecule has 2 rings (SSSR count). The molecule has 5 nitrogen and oxygen atoms in total. The molecule has 0 saturated heterocycles. The zero-order valence-corrected chi connectivity index (χ0v) is 21.1. The number of rotatable bonds is 10. The average molecular weight is 500 g/mol. The van der Waals surface area contributed by atoms with Crippen LogP contribution in [0.4, 0.5) is 0 Å².